The molecule has 0 fully saturated rings. The van der Waals surface area contributed by atoms with E-state index in [1.54, 1.807) is 0 Å². The Morgan fingerprint density at radius 1 is 1.47 bits per heavy atom. The Balaban J connectivity index is 4.00. The van der Waals surface area contributed by atoms with Crippen LogP contribution in [-0.2, 0) is 9.53 Å². The van der Waals surface area contributed by atoms with Gasteiger partial charge in [-0.2, -0.15) is 0 Å². The minimum Gasteiger partial charge on any atom is -0.394 e. The first-order chi connectivity index (χ1) is 7.14. The third kappa shape index (κ3) is 5.11. The molecule has 5 heteroatoms. The lowest BCUT2D eigenvalue weighted by molar-refractivity contribution is -0.128. The van der Waals surface area contributed by atoms with E-state index in [4.69, 9.17) is 10.5 Å². The van der Waals surface area contributed by atoms with Gasteiger partial charge in [0.05, 0.1) is 18.8 Å². The Labute approximate surface area is 91.0 Å². The van der Waals surface area contributed by atoms with Gasteiger partial charge in [0.25, 0.3) is 0 Å². The fourth-order valence-corrected chi connectivity index (χ4v) is 1.27. The van der Waals surface area contributed by atoms with Gasteiger partial charge in [-0.25, -0.2) is 0 Å². The Morgan fingerprint density at radius 3 is 2.47 bits per heavy atom. The van der Waals surface area contributed by atoms with Crippen molar-refractivity contribution in [2.24, 2.45) is 5.73 Å². The van der Waals surface area contributed by atoms with Crippen LogP contribution < -0.4 is 11.1 Å². The third-order valence-electron chi connectivity index (χ3n) is 2.56. The Bertz CT molecular complexity index is 173. The summed E-state index contributed by atoms with van der Waals surface area (Å²) in [6.45, 7) is 4.58. The summed E-state index contributed by atoms with van der Waals surface area (Å²) < 4.78 is 5.01. The quantitative estimate of drug-likeness (QED) is 0.485. The van der Waals surface area contributed by atoms with Crippen LogP contribution in [0.5, 0.6) is 0 Å². The first-order valence-electron chi connectivity index (χ1n) is 5.33. The van der Waals surface area contributed by atoms with Gasteiger partial charge in [-0.05, 0) is 12.8 Å². The minimum absolute atomic E-state index is 0.00104. The summed E-state index contributed by atoms with van der Waals surface area (Å²) in [6.07, 6.45) is 1.39. The number of carbonyl (C=O) groups is 1. The minimum atomic E-state index is -0.511. The molecule has 0 saturated heterocycles. The summed E-state index contributed by atoms with van der Waals surface area (Å²) in [6, 6.07) is 0. The summed E-state index contributed by atoms with van der Waals surface area (Å²) in [5, 5.41) is 12.0. The van der Waals surface area contributed by atoms with E-state index < -0.39 is 5.54 Å². The van der Waals surface area contributed by atoms with Crippen LogP contribution in [0, 0.1) is 0 Å². The molecule has 5 nitrogen and oxygen atoms in total. The molecule has 1 amide bonds. The maximum atomic E-state index is 11.4. The molecule has 0 unspecified atom stereocenters. The fraction of sp³-hybridized carbons (Fsp3) is 0.900. The van der Waals surface area contributed by atoms with Crippen LogP contribution in [0.2, 0.25) is 0 Å². The SMILES string of the molecule is CCC(CC)(CO)NC(=O)COCCN. The predicted octanol–water partition coefficient (Wildman–Crippen LogP) is -0.371. The zero-order valence-electron chi connectivity index (χ0n) is 9.58. The van der Waals surface area contributed by atoms with Gasteiger partial charge in [0.15, 0.2) is 0 Å². The second kappa shape index (κ2) is 7.62. The number of aliphatic hydroxyl groups excluding tert-OH is 1. The summed E-state index contributed by atoms with van der Waals surface area (Å²) in [7, 11) is 0. The molecule has 90 valence electrons. The van der Waals surface area contributed by atoms with Crippen LogP contribution in [-0.4, -0.2) is 42.9 Å². The van der Waals surface area contributed by atoms with Crippen molar-refractivity contribution in [3.05, 3.63) is 0 Å². The molecule has 4 N–H and O–H groups in total. The molecule has 0 saturated carbocycles. The molecule has 0 atom stereocenters. The van der Waals surface area contributed by atoms with Crippen LogP contribution >= 0.6 is 0 Å². The highest BCUT2D eigenvalue weighted by Crippen LogP contribution is 2.13. The van der Waals surface area contributed by atoms with Gasteiger partial charge < -0.3 is 20.9 Å². The largest absolute Gasteiger partial charge is 0.394 e. The van der Waals surface area contributed by atoms with Crippen molar-refractivity contribution < 1.29 is 14.6 Å². The number of amides is 1. The Kier molecular flexibility index (Phi) is 7.29. The number of rotatable bonds is 8. The number of ether oxygens (including phenoxy) is 1. The second-order valence-corrected chi connectivity index (χ2v) is 3.53. The van der Waals surface area contributed by atoms with E-state index in [1.807, 2.05) is 13.8 Å². The van der Waals surface area contributed by atoms with E-state index in [9.17, 15) is 9.90 Å². The molecule has 0 aliphatic heterocycles. The van der Waals surface area contributed by atoms with Crippen molar-refractivity contribution in [3.63, 3.8) is 0 Å². The molecule has 0 aromatic rings. The van der Waals surface area contributed by atoms with Crippen LogP contribution in [0.15, 0.2) is 0 Å². The Hall–Kier alpha value is -0.650. The van der Waals surface area contributed by atoms with E-state index in [2.05, 4.69) is 5.32 Å². The lowest BCUT2D eigenvalue weighted by Gasteiger charge is -2.30. The van der Waals surface area contributed by atoms with E-state index >= 15 is 0 Å². The first kappa shape index (κ1) is 14.3. The van der Waals surface area contributed by atoms with Crippen molar-refractivity contribution >= 4 is 5.91 Å². The highest BCUT2D eigenvalue weighted by molar-refractivity contribution is 5.78. The Morgan fingerprint density at radius 2 is 2.07 bits per heavy atom. The van der Waals surface area contributed by atoms with Gasteiger partial charge in [-0.15, -0.1) is 0 Å². The highest BCUT2D eigenvalue weighted by Gasteiger charge is 2.26. The number of hydrogen-bond donors (Lipinski definition) is 3. The zero-order valence-corrected chi connectivity index (χ0v) is 9.58. The zero-order chi connectivity index (χ0) is 11.7. The van der Waals surface area contributed by atoms with E-state index in [0.717, 1.165) is 0 Å². The lowest BCUT2D eigenvalue weighted by Crippen LogP contribution is -2.51. The molecular formula is C10H22N2O3. The van der Waals surface area contributed by atoms with Crippen molar-refractivity contribution in [3.8, 4) is 0 Å². The molecule has 0 rings (SSSR count). The molecule has 0 aliphatic carbocycles. The maximum absolute atomic E-state index is 11.4. The number of nitrogens with one attached hydrogen (secondary N) is 1. The number of aliphatic hydroxyl groups is 1. The summed E-state index contributed by atoms with van der Waals surface area (Å²) in [5.74, 6) is -0.207. The average molecular weight is 218 g/mol. The molecule has 0 heterocycles. The van der Waals surface area contributed by atoms with E-state index in [-0.39, 0.29) is 19.1 Å². The van der Waals surface area contributed by atoms with Gasteiger partial charge in [-0.3, -0.25) is 4.79 Å². The van der Waals surface area contributed by atoms with Crippen molar-refractivity contribution in [2.75, 3.05) is 26.4 Å². The molecule has 0 radical (unpaired) electrons. The number of carbonyl (C=O) groups excluding carboxylic acids is 1. The number of hydrogen-bond acceptors (Lipinski definition) is 4. The molecule has 0 spiro atoms. The molecular weight excluding hydrogens is 196 g/mol. The van der Waals surface area contributed by atoms with Crippen LogP contribution in [0.1, 0.15) is 26.7 Å². The predicted molar refractivity (Wildman–Crippen MR) is 58.4 cm³/mol. The van der Waals surface area contributed by atoms with Crippen LogP contribution in [0.4, 0.5) is 0 Å². The van der Waals surface area contributed by atoms with Gasteiger partial charge >= 0.3 is 0 Å². The summed E-state index contributed by atoms with van der Waals surface area (Å²) in [4.78, 5) is 11.4. The van der Waals surface area contributed by atoms with Gasteiger partial charge in [-0.1, -0.05) is 13.8 Å². The lowest BCUT2D eigenvalue weighted by atomic mass is 9.94. The standard InChI is InChI=1S/C10H22N2O3/c1-3-10(4-2,8-13)12-9(14)7-15-6-5-11/h13H,3-8,11H2,1-2H3,(H,12,14). The normalized spacial score (nSPS) is 11.5. The van der Waals surface area contributed by atoms with E-state index in [0.29, 0.717) is 26.0 Å². The average Bonchev–Trinajstić information content (AvgIpc) is 2.26. The molecule has 0 aromatic heterocycles. The molecule has 0 aromatic carbocycles. The molecule has 0 bridgehead atoms. The second-order valence-electron chi connectivity index (χ2n) is 3.53. The van der Waals surface area contributed by atoms with E-state index in [1.165, 1.54) is 0 Å². The summed E-state index contributed by atoms with van der Waals surface area (Å²) in [5.41, 5.74) is 4.71. The van der Waals surface area contributed by atoms with Gasteiger partial charge in [0.1, 0.15) is 6.61 Å². The van der Waals surface area contributed by atoms with Gasteiger partial charge in [0, 0.05) is 6.54 Å². The summed E-state index contributed by atoms with van der Waals surface area (Å²) >= 11 is 0. The topological polar surface area (TPSA) is 84.6 Å². The first-order valence-corrected chi connectivity index (χ1v) is 5.33. The fourth-order valence-electron chi connectivity index (χ4n) is 1.27. The monoisotopic (exact) mass is 218 g/mol. The number of nitrogens with two attached hydrogens (primary N) is 1. The maximum Gasteiger partial charge on any atom is 0.246 e. The molecule has 15 heavy (non-hydrogen) atoms. The van der Waals surface area contributed by atoms with Crippen molar-refractivity contribution in [1.29, 1.82) is 0 Å². The molecule has 0 aliphatic rings. The van der Waals surface area contributed by atoms with Crippen molar-refractivity contribution in [1.82, 2.24) is 5.32 Å². The third-order valence-corrected chi connectivity index (χ3v) is 2.56. The smallest absolute Gasteiger partial charge is 0.246 e. The van der Waals surface area contributed by atoms with Gasteiger partial charge in [0.2, 0.25) is 5.91 Å². The van der Waals surface area contributed by atoms with Crippen LogP contribution in [0.25, 0.3) is 0 Å². The van der Waals surface area contributed by atoms with Crippen LogP contribution in [0.3, 0.4) is 0 Å². The van der Waals surface area contributed by atoms with Crippen molar-refractivity contribution in [2.45, 2.75) is 32.2 Å². The highest BCUT2D eigenvalue weighted by atomic mass is 16.5.